The highest BCUT2D eigenvalue weighted by Gasteiger charge is 2.37. The summed E-state index contributed by atoms with van der Waals surface area (Å²) in [5, 5.41) is 11.5. The molecule has 0 fully saturated rings. The Morgan fingerprint density at radius 3 is 2.15 bits per heavy atom. The van der Waals surface area contributed by atoms with Crippen LogP contribution in [-0.4, -0.2) is 42.9 Å². The molecule has 0 heterocycles. The Labute approximate surface area is 115 Å². The summed E-state index contributed by atoms with van der Waals surface area (Å²) in [5.74, 6) is -1.56. The molecule has 0 saturated heterocycles. The maximum absolute atomic E-state index is 11.8. The number of rotatable bonds is 9. The quantitative estimate of drug-likeness (QED) is 0.638. The molecule has 0 unspecified atom stereocenters. The van der Waals surface area contributed by atoms with Gasteiger partial charge < -0.3 is 15.2 Å². The normalized spacial score (nSPS) is 12.2. The summed E-state index contributed by atoms with van der Waals surface area (Å²) in [4.78, 5) is 22.8. The van der Waals surface area contributed by atoms with Crippen LogP contribution in [-0.2, 0) is 14.3 Å². The van der Waals surface area contributed by atoms with E-state index in [1.165, 1.54) is 0 Å². The van der Waals surface area contributed by atoms with E-state index in [0.29, 0.717) is 12.8 Å². The van der Waals surface area contributed by atoms with Gasteiger partial charge in [-0.25, -0.2) is 0 Å². The number of carboxylic acids is 1. The Bertz CT molecular complexity index is 327. The van der Waals surface area contributed by atoms with Gasteiger partial charge in [-0.3, -0.25) is 9.59 Å². The lowest BCUT2D eigenvalue weighted by Gasteiger charge is -2.25. The van der Waals surface area contributed by atoms with Crippen molar-refractivity contribution in [2.75, 3.05) is 19.8 Å². The van der Waals surface area contributed by atoms with E-state index in [-0.39, 0.29) is 19.6 Å². The molecule has 0 saturated carbocycles. The van der Waals surface area contributed by atoms with Gasteiger partial charge in [-0.15, -0.1) is 0 Å². The average molecular weight is 299 g/mol. The van der Waals surface area contributed by atoms with Crippen LogP contribution in [0, 0.1) is 5.41 Å². The van der Waals surface area contributed by atoms with Crippen molar-refractivity contribution in [3.05, 3.63) is 0 Å². The largest absolute Gasteiger partial charge is 0.481 e. The fourth-order valence-corrected chi connectivity index (χ4v) is 1.70. The number of ether oxygens (including phenoxy) is 1. The second kappa shape index (κ2) is 8.08. The Morgan fingerprint density at radius 1 is 1.20 bits per heavy atom. The molecule has 0 aromatic carbocycles. The fourth-order valence-electron chi connectivity index (χ4n) is 1.70. The second-order valence-corrected chi connectivity index (χ2v) is 4.49. The molecule has 0 aliphatic carbocycles. The van der Waals surface area contributed by atoms with E-state index >= 15 is 0 Å². The molecule has 20 heavy (non-hydrogen) atoms. The molecule has 0 radical (unpaired) electrons. The molecule has 0 rings (SSSR count). The number of carboxylic acid groups (broad SMARTS) is 1. The highest BCUT2D eigenvalue weighted by Crippen LogP contribution is 2.30. The lowest BCUT2D eigenvalue weighted by Crippen LogP contribution is -2.38. The summed E-state index contributed by atoms with van der Waals surface area (Å²) in [6.45, 7) is 1.63. The third kappa shape index (κ3) is 6.74. The molecule has 5 nitrogen and oxygen atoms in total. The highest BCUT2D eigenvalue weighted by molar-refractivity contribution is 5.84. The molecule has 2 N–H and O–H groups in total. The number of nitrogens with one attached hydrogen (secondary N) is 1. The number of carbonyl (C=O) groups is 2. The van der Waals surface area contributed by atoms with Gasteiger partial charge in [0.1, 0.15) is 6.61 Å². The van der Waals surface area contributed by atoms with Crippen LogP contribution in [0.15, 0.2) is 0 Å². The summed E-state index contributed by atoms with van der Waals surface area (Å²) in [6, 6.07) is 0. The van der Waals surface area contributed by atoms with Crippen LogP contribution < -0.4 is 5.32 Å². The summed E-state index contributed by atoms with van der Waals surface area (Å²) < 4.78 is 39.6. The molecular weight excluding hydrogens is 279 g/mol. The maximum Gasteiger partial charge on any atom is 0.411 e. The number of hydrogen-bond acceptors (Lipinski definition) is 3. The molecular formula is C12H20F3NO4. The van der Waals surface area contributed by atoms with Crippen molar-refractivity contribution in [1.82, 2.24) is 5.32 Å². The van der Waals surface area contributed by atoms with Crippen molar-refractivity contribution in [1.29, 1.82) is 0 Å². The van der Waals surface area contributed by atoms with Crippen LogP contribution >= 0.6 is 0 Å². The molecule has 0 aliphatic rings. The fraction of sp³-hybridized carbons (Fsp3) is 0.833. The summed E-state index contributed by atoms with van der Waals surface area (Å²) >= 11 is 0. The van der Waals surface area contributed by atoms with Gasteiger partial charge in [0.2, 0.25) is 5.91 Å². The van der Waals surface area contributed by atoms with Crippen molar-refractivity contribution in [3.8, 4) is 0 Å². The summed E-state index contributed by atoms with van der Waals surface area (Å²) in [6.07, 6.45) is -3.99. The number of amides is 1. The first-order valence-electron chi connectivity index (χ1n) is 6.31. The van der Waals surface area contributed by atoms with Gasteiger partial charge >= 0.3 is 12.1 Å². The highest BCUT2D eigenvalue weighted by atomic mass is 19.4. The van der Waals surface area contributed by atoms with Crippen LogP contribution in [0.3, 0.4) is 0 Å². The topological polar surface area (TPSA) is 75.6 Å². The molecule has 0 bridgehead atoms. The zero-order valence-corrected chi connectivity index (χ0v) is 11.5. The SMILES string of the molecule is CCC(CC)(CC(=O)NCCOCC(F)(F)F)C(=O)O. The van der Waals surface area contributed by atoms with E-state index in [0.717, 1.165) is 0 Å². The van der Waals surface area contributed by atoms with Gasteiger partial charge in [0, 0.05) is 13.0 Å². The van der Waals surface area contributed by atoms with Crippen molar-refractivity contribution in [3.63, 3.8) is 0 Å². The van der Waals surface area contributed by atoms with Crippen LogP contribution in [0.4, 0.5) is 13.2 Å². The standard InChI is InChI=1S/C12H20F3NO4/c1-3-11(4-2,10(18)19)7-9(17)16-5-6-20-8-12(13,14)15/h3-8H2,1-2H3,(H,16,17)(H,18,19). The van der Waals surface area contributed by atoms with E-state index in [1.54, 1.807) is 13.8 Å². The Balaban J connectivity index is 4.07. The number of hydrogen-bond donors (Lipinski definition) is 2. The van der Waals surface area contributed by atoms with Crippen molar-refractivity contribution in [2.45, 2.75) is 39.3 Å². The van der Waals surface area contributed by atoms with Gasteiger partial charge in [-0.2, -0.15) is 13.2 Å². The van der Waals surface area contributed by atoms with Crippen molar-refractivity contribution < 1.29 is 32.6 Å². The maximum atomic E-state index is 11.8. The molecule has 8 heteroatoms. The summed E-state index contributed by atoms with van der Waals surface area (Å²) in [7, 11) is 0. The predicted octanol–water partition coefficient (Wildman–Crippen LogP) is 1.96. The first kappa shape index (κ1) is 18.7. The number of halogens is 3. The lowest BCUT2D eigenvalue weighted by molar-refractivity contribution is -0.173. The van der Waals surface area contributed by atoms with Gasteiger partial charge in [0.15, 0.2) is 0 Å². The number of carbonyl (C=O) groups excluding carboxylic acids is 1. The minimum Gasteiger partial charge on any atom is -0.481 e. The van der Waals surface area contributed by atoms with E-state index in [1.807, 2.05) is 0 Å². The van der Waals surface area contributed by atoms with Crippen LogP contribution in [0.25, 0.3) is 0 Å². The molecule has 0 aromatic rings. The molecule has 0 spiro atoms. The smallest absolute Gasteiger partial charge is 0.411 e. The van der Waals surface area contributed by atoms with E-state index in [2.05, 4.69) is 10.1 Å². The second-order valence-electron chi connectivity index (χ2n) is 4.49. The number of alkyl halides is 3. The Kier molecular flexibility index (Phi) is 7.55. The molecule has 1 amide bonds. The van der Waals surface area contributed by atoms with Gasteiger partial charge in [0.05, 0.1) is 12.0 Å². The van der Waals surface area contributed by atoms with Crippen molar-refractivity contribution >= 4 is 11.9 Å². The van der Waals surface area contributed by atoms with Gasteiger partial charge in [-0.05, 0) is 12.8 Å². The average Bonchev–Trinajstić information content (AvgIpc) is 2.33. The van der Waals surface area contributed by atoms with E-state index < -0.39 is 30.1 Å². The zero-order valence-electron chi connectivity index (χ0n) is 11.5. The predicted molar refractivity (Wildman–Crippen MR) is 65.2 cm³/mol. The van der Waals surface area contributed by atoms with E-state index in [9.17, 15) is 22.8 Å². The summed E-state index contributed by atoms with van der Waals surface area (Å²) in [5.41, 5.74) is -1.13. The Hall–Kier alpha value is -1.31. The zero-order chi connectivity index (χ0) is 15.8. The van der Waals surface area contributed by atoms with Crippen LogP contribution in [0.5, 0.6) is 0 Å². The molecule has 0 aliphatic heterocycles. The lowest BCUT2D eigenvalue weighted by atomic mass is 9.79. The monoisotopic (exact) mass is 299 g/mol. The molecule has 0 aromatic heterocycles. The minimum absolute atomic E-state index is 0.0853. The van der Waals surface area contributed by atoms with Gasteiger partial charge in [-0.1, -0.05) is 13.8 Å². The third-order valence-electron chi connectivity index (χ3n) is 3.14. The van der Waals surface area contributed by atoms with Gasteiger partial charge in [0.25, 0.3) is 0 Å². The molecule has 0 atom stereocenters. The molecule has 118 valence electrons. The van der Waals surface area contributed by atoms with E-state index in [4.69, 9.17) is 5.11 Å². The van der Waals surface area contributed by atoms with Crippen molar-refractivity contribution in [2.24, 2.45) is 5.41 Å². The minimum atomic E-state index is -4.40. The van der Waals surface area contributed by atoms with Crippen LogP contribution in [0.2, 0.25) is 0 Å². The first-order chi connectivity index (χ1) is 9.17. The number of aliphatic carboxylic acids is 1. The third-order valence-corrected chi connectivity index (χ3v) is 3.14. The first-order valence-corrected chi connectivity index (χ1v) is 6.31. The Morgan fingerprint density at radius 2 is 1.75 bits per heavy atom. The van der Waals surface area contributed by atoms with Crippen LogP contribution in [0.1, 0.15) is 33.1 Å².